The average molecular weight is 617 g/mol. The number of hydrogen-bond donors (Lipinski definition) is 1. The van der Waals surface area contributed by atoms with E-state index in [9.17, 15) is 13.2 Å². The fourth-order valence-electron chi connectivity index (χ4n) is 5.47. The maximum absolute atomic E-state index is 11.9. The molecule has 42 heavy (non-hydrogen) atoms. The highest BCUT2D eigenvalue weighted by Crippen LogP contribution is 2.36. The van der Waals surface area contributed by atoms with Crippen LogP contribution in [0.25, 0.3) is 32.5 Å². The summed E-state index contributed by atoms with van der Waals surface area (Å²) in [6.45, 7) is 6.56. The number of hydrogen-bond acceptors (Lipinski definition) is 10. The second-order valence-corrected chi connectivity index (χ2v) is 13.6. The lowest BCUT2D eigenvalue weighted by Crippen LogP contribution is -2.47. The molecule has 0 radical (unpaired) electrons. The summed E-state index contributed by atoms with van der Waals surface area (Å²) in [5, 5.41) is 5.54. The second kappa shape index (κ2) is 12.6. The minimum absolute atomic E-state index is 0. The van der Waals surface area contributed by atoms with Crippen LogP contribution in [-0.4, -0.2) is 107 Å². The van der Waals surface area contributed by atoms with Crippen molar-refractivity contribution in [3.05, 3.63) is 35.3 Å². The Balaban J connectivity index is 0.00000353. The Morgan fingerprint density at radius 3 is 2.57 bits per heavy atom. The first-order valence-corrected chi connectivity index (χ1v) is 16.5. The zero-order chi connectivity index (χ0) is 28.6. The third kappa shape index (κ3) is 6.40. The molecule has 0 unspecified atom stereocenters. The van der Waals surface area contributed by atoms with E-state index in [0.717, 1.165) is 52.1 Å². The number of piperazine rings is 1. The van der Waals surface area contributed by atoms with E-state index in [2.05, 4.69) is 21.0 Å². The highest BCUT2D eigenvalue weighted by atomic mass is 32.2. The first-order chi connectivity index (χ1) is 19.8. The van der Waals surface area contributed by atoms with Crippen LogP contribution in [-0.2, 0) is 32.6 Å². The number of benzene rings is 1. The highest BCUT2D eigenvalue weighted by Gasteiger charge is 2.25. The number of primary amides is 1. The van der Waals surface area contributed by atoms with Gasteiger partial charge in [0.25, 0.3) is 0 Å². The molecule has 0 spiro atoms. The van der Waals surface area contributed by atoms with Gasteiger partial charge in [0, 0.05) is 74.6 Å². The summed E-state index contributed by atoms with van der Waals surface area (Å²) in [4.78, 5) is 27.1. The zero-order valence-electron chi connectivity index (χ0n) is 23.5. The van der Waals surface area contributed by atoms with E-state index in [1.807, 2.05) is 29.1 Å². The summed E-state index contributed by atoms with van der Waals surface area (Å²) in [5.41, 5.74) is 8.09. The van der Waals surface area contributed by atoms with Crippen molar-refractivity contribution in [3.8, 4) is 11.4 Å². The van der Waals surface area contributed by atoms with Gasteiger partial charge in [0.05, 0.1) is 41.4 Å². The SMILES string of the molecule is CS(=O)(=O)N1CCN(Cc2cc3nc(-c4cccc5c4cnn5CCCC(N)=O)nc(N4CCOCC4)c3s2)CC1.O. The molecular formula is C27H36N8O5S2. The molecule has 15 heteroatoms. The molecule has 2 aliphatic heterocycles. The van der Waals surface area contributed by atoms with Gasteiger partial charge in [0.15, 0.2) is 11.6 Å². The molecule has 3 aromatic heterocycles. The molecule has 1 amide bonds. The number of anilines is 1. The average Bonchev–Trinajstić information content (AvgIpc) is 3.56. The summed E-state index contributed by atoms with van der Waals surface area (Å²) in [5.74, 6) is 1.25. The van der Waals surface area contributed by atoms with E-state index >= 15 is 0 Å². The van der Waals surface area contributed by atoms with E-state index in [4.69, 9.17) is 20.4 Å². The monoisotopic (exact) mass is 616 g/mol. The summed E-state index contributed by atoms with van der Waals surface area (Å²) in [6, 6.07) is 8.17. The van der Waals surface area contributed by atoms with Gasteiger partial charge in [-0.1, -0.05) is 12.1 Å². The predicted octanol–water partition coefficient (Wildman–Crippen LogP) is 1.06. The molecule has 1 aromatic carbocycles. The normalized spacial score (nSPS) is 17.1. The molecule has 0 bridgehead atoms. The van der Waals surface area contributed by atoms with Gasteiger partial charge in [0.2, 0.25) is 15.9 Å². The van der Waals surface area contributed by atoms with Crippen molar-refractivity contribution >= 4 is 54.2 Å². The number of fused-ring (bicyclic) bond motifs is 2. The van der Waals surface area contributed by atoms with Gasteiger partial charge < -0.3 is 20.8 Å². The van der Waals surface area contributed by atoms with Gasteiger partial charge in [-0.15, -0.1) is 11.3 Å². The number of carbonyl (C=O) groups excluding carboxylic acids is 1. The predicted molar refractivity (Wildman–Crippen MR) is 163 cm³/mol. The van der Waals surface area contributed by atoms with E-state index in [1.54, 1.807) is 15.6 Å². The van der Waals surface area contributed by atoms with E-state index < -0.39 is 10.0 Å². The lowest BCUT2D eigenvalue weighted by molar-refractivity contribution is -0.118. The van der Waals surface area contributed by atoms with Crippen LogP contribution in [0.15, 0.2) is 30.5 Å². The lowest BCUT2D eigenvalue weighted by atomic mass is 10.1. The maximum atomic E-state index is 11.9. The first kappa shape index (κ1) is 30.3. The molecule has 4 N–H and O–H groups in total. The number of sulfonamides is 1. The number of morpholine rings is 1. The molecule has 2 aliphatic rings. The Labute approximate surface area is 248 Å². The summed E-state index contributed by atoms with van der Waals surface area (Å²) < 4.78 is 33.9. The standard InChI is InChI=1S/C27H34N8O4S2.H2O/c1-41(37,38)34-10-8-32(9-11-34)18-19-16-22-25(40-19)27(33-12-14-39-15-13-33)31-26(30-22)20-4-2-5-23-21(20)17-29-35(23)7-3-6-24(28)36;/h2,4-5,16-17H,3,6-15,18H2,1H3,(H2,28,36);1H2. The van der Waals surface area contributed by atoms with E-state index in [1.165, 1.54) is 11.1 Å². The fraction of sp³-hybridized carbons (Fsp3) is 0.481. The van der Waals surface area contributed by atoms with Gasteiger partial charge in [-0.25, -0.2) is 18.4 Å². The Morgan fingerprint density at radius 2 is 1.86 bits per heavy atom. The third-order valence-electron chi connectivity index (χ3n) is 7.62. The summed E-state index contributed by atoms with van der Waals surface area (Å²) >= 11 is 1.71. The Hall–Kier alpha value is -3.21. The van der Waals surface area contributed by atoms with Crippen LogP contribution in [0.4, 0.5) is 5.82 Å². The number of aromatic nitrogens is 4. The highest BCUT2D eigenvalue weighted by molar-refractivity contribution is 7.88. The van der Waals surface area contributed by atoms with Gasteiger partial charge in [-0.2, -0.15) is 9.40 Å². The van der Waals surface area contributed by atoms with Crippen molar-refractivity contribution in [2.75, 3.05) is 63.6 Å². The minimum atomic E-state index is -3.16. The van der Waals surface area contributed by atoms with E-state index in [-0.39, 0.29) is 11.4 Å². The Morgan fingerprint density at radius 1 is 1.10 bits per heavy atom. The fourth-order valence-corrected chi connectivity index (χ4v) is 7.45. The van der Waals surface area contributed by atoms with Crippen molar-refractivity contribution in [3.63, 3.8) is 0 Å². The van der Waals surface area contributed by atoms with Crippen molar-refractivity contribution < 1.29 is 23.4 Å². The van der Waals surface area contributed by atoms with Crippen LogP contribution < -0.4 is 10.6 Å². The molecule has 2 saturated heterocycles. The number of nitrogens with zero attached hydrogens (tertiary/aromatic N) is 7. The molecule has 4 aromatic rings. The number of aryl methyl sites for hydroxylation is 1. The Bertz CT molecular complexity index is 1670. The molecule has 6 rings (SSSR count). The molecule has 0 atom stereocenters. The number of ether oxygens (including phenoxy) is 1. The number of rotatable bonds is 9. The van der Waals surface area contributed by atoms with Crippen molar-refractivity contribution in [1.29, 1.82) is 0 Å². The van der Waals surface area contributed by atoms with Crippen LogP contribution in [0.1, 0.15) is 17.7 Å². The number of carbonyl (C=O) groups is 1. The molecule has 0 aliphatic carbocycles. The second-order valence-electron chi connectivity index (χ2n) is 10.5. The van der Waals surface area contributed by atoms with Crippen LogP contribution in [0.5, 0.6) is 0 Å². The molecule has 13 nitrogen and oxygen atoms in total. The molecule has 226 valence electrons. The van der Waals surface area contributed by atoms with Gasteiger partial charge in [-0.05, 0) is 18.6 Å². The van der Waals surface area contributed by atoms with Gasteiger partial charge >= 0.3 is 0 Å². The number of amides is 1. The summed E-state index contributed by atoms with van der Waals surface area (Å²) in [6.07, 6.45) is 4.05. The maximum Gasteiger partial charge on any atom is 0.217 e. The van der Waals surface area contributed by atoms with Crippen LogP contribution in [0, 0.1) is 0 Å². The molecular weight excluding hydrogens is 580 g/mol. The van der Waals surface area contributed by atoms with Gasteiger partial charge in [-0.3, -0.25) is 14.4 Å². The summed E-state index contributed by atoms with van der Waals surface area (Å²) in [7, 11) is -3.16. The van der Waals surface area contributed by atoms with Crippen molar-refractivity contribution in [2.45, 2.75) is 25.9 Å². The number of thiophene rings is 1. The number of nitrogens with two attached hydrogens (primary N) is 1. The Kier molecular flexibility index (Phi) is 9.05. The molecule has 5 heterocycles. The smallest absolute Gasteiger partial charge is 0.217 e. The van der Waals surface area contributed by atoms with Crippen molar-refractivity contribution in [1.82, 2.24) is 29.0 Å². The minimum Gasteiger partial charge on any atom is -0.412 e. The van der Waals surface area contributed by atoms with Gasteiger partial charge in [0.1, 0.15) is 0 Å². The lowest BCUT2D eigenvalue weighted by Gasteiger charge is -2.32. The largest absolute Gasteiger partial charge is 0.412 e. The van der Waals surface area contributed by atoms with Crippen LogP contribution in [0.3, 0.4) is 0 Å². The topological polar surface area (TPSA) is 171 Å². The molecule has 2 fully saturated rings. The third-order valence-corrected chi connectivity index (χ3v) is 10.0. The van der Waals surface area contributed by atoms with Crippen molar-refractivity contribution in [2.24, 2.45) is 5.73 Å². The zero-order valence-corrected chi connectivity index (χ0v) is 25.2. The quantitative estimate of drug-likeness (QED) is 0.289. The molecule has 0 saturated carbocycles. The first-order valence-electron chi connectivity index (χ1n) is 13.8. The van der Waals surface area contributed by atoms with E-state index in [0.29, 0.717) is 64.6 Å². The van der Waals surface area contributed by atoms with Crippen LogP contribution in [0.2, 0.25) is 0 Å². The van der Waals surface area contributed by atoms with Crippen LogP contribution >= 0.6 is 11.3 Å².